The zero-order valence-corrected chi connectivity index (χ0v) is 25.3. The fourth-order valence-corrected chi connectivity index (χ4v) is 5.97. The average Bonchev–Trinajstić information content (AvgIpc) is 3.64. The number of nitrogens with zero attached hydrogens (tertiary/aromatic N) is 4. The summed E-state index contributed by atoms with van der Waals surface area (Å²) in [5.41, 5.74) is 8.67. The van der Waals surface area contributed by atoms with E-state index in [0.29, 0.717) is 53.9 Å². The number of hydrogen-bond acceptors (Lipinski definition) is 11. The number of amides is 1. The Balaban J connectivity index is 1.39. The van der Waals surface area contributed by atoms with E-state index in [1.54, 1.807) is 24.4 Å². The smallest absolute Gasteiger partial charge is 0.265 e. The number of aliphatic hydroxyl groups excluding tert-OH is 1. The Morgan fingerprint density at radius 1 is 1.14 bits per heavy atom. The molecule has 0 spiro atoms. The van der Waals surface area contributed by atoms with E-state index in [1.807, 2.05) is 31.2 Å². The van der Waals surface area contributed by atoms with Crippen molar-refractivity contribution in [2.75, 3.05) is 6.61 Å². The summed E-state index contributed by atoms with van der Waals surface area (Å²) < 4.78 is 31.0. The maximum absolute atomic E-state index is 13.3. The van der Waals surface area contributed by atoms with Crippen LogP contribution in [0.3, 0.4) is 0 Å². The van der Waals surface area contributed by atoms with Gasteiger partial charge in [0.25, 0.3) is 10.0 Å². The Kier molecular flexibility index (Phi) is 10.9. The molecule has 43 heavy (non-hydrogen) atoms. The van der Waals surface area contributed by atoms with Gasteiger partial charge in [0.1, 0.15) is 24.1 Å². The molecule has 230 valence electrons. The number of nitrogens with one attached hydrogen (secondary N) is 1. The lowest BCUT2D eigenvalue weighted by Gasteiger charge is -2.17. The minimum atomic E-state index is -3.90. The first kappa shape index (κ1) is 32.2. The van der Waals surface area contributed by atoms with Gasteiger partial charge in [-0.15, -0.1) is 16.4 Å². The lowest BCUT2D eigenvalue weighted by atomic mass is 10.0. The maximum Gasteiger partial charge on any atom is 0.265 e. The molecular formula is C28H35N7O6S2. The van der Waals surface area contributed by atoms with Gasteiger partial charge in [-0.25, -0.2) is 23.2 Å². The van der Waals surface area contributed by atoms with Gasteiger partial charge in [-0.1, -0.05) is 47.9 Å². The van der Waals surface area contributed by atoms with E-state index in [1.165, 1.54) is 4.68 Å². The lowest BCUT2D eigenvalue weighted by Crippen LogP contribution is -2.33. The molecule has 6 N–H and O–H groups in total. The topological polar surface area (TPSA) is 205 Å². The number of aliphatic hydroxyl groups is 1. The third-order valence-corrected chi connectivity index (χ3v) is 9.09. The predicted molar refractivity (Wildman–Crippen MR) is 161 cm³/mol. The van der Waals surface area contributed by atoms with Gasteiger partial charge in [0.05, 0.1) is 29.1 Å². The molecule has 0 saturated heterocycles. The number of carbonyl (C=O) groups is 2. The van der Waals surface area contributed by atoms with Gasteiger partial charge >= 0.3 is 0 Å². The second-order valence-electron chi connectivity index (χ2n) is 10.2. The van der Waals surface area contributed by atoms with Crippen molar-refractivity contribution >= 4 is 43.3 Å². The number of Topliss-reactive ketones (excluding diaryl/α,β-unsaturated/α-hetero) is 1. The number of sulfonamides is 1. The van der Waals surface area contributed by atoms with Crippen molar-refractivity contribution in [2.45, 2.75) is 68.6 Å². The predicted octanol–water partition coefficient (Wildman–Crippen LogP) is 2.12. The summed E-state index contributed by atoms with van der Waals surface area (Å²) in [6.07, 6.45) is 4.36. The van der Waals surface area contributed by atoms with Crippen molar-refractivity contribution in [3.05, 3.63) is 65.5 Å². The molecule has 4 rings (SSSR count). The minimum absolute atomic E-state index is 0.0668. The van der Waals surface area contributed by atoms with Crippen LogP contribution in [0.5, 0.6) is 5.75 Å². The van der Waals surface area contributed by atoms with Crippen LogP contribution >= 0.6 is 11.3 Å². The monoisotopic (exact) mass is 629 g/mol. The quantitative estimate of drug-likeness (QED) is 0.133. The van der Waals surface area contributed by atoms with Gasteiger partial charge in [-0.05, 0) is 43.5 Å². The molecular weight excluding hydrogens is 594 g/mol. The van der Waals surface area contributed by atoms with E-state index in [0.717, 1.165) is 22.5 Å². The number of primary sulfonamides is 1. The molecule has 13 nitrogen and oxygen atoms in total. The largest absolute Gasteiger partial charge is 0.487 e. The van der Waals surface area contributed by atoms with E-state index in [-0.39, 0.29) is 35.7 Å². The van der Waals surface area contributed by atoms with Crippen molar-refractivity contribution in [1.82, 2.24) is 25.3 Å². The number of ether oxygens (including phenoxy) is 1. The zero-order valence-electron chi connectivity index (χ0n) is 23.7. The molecule has 4 aromatic rings. The SMILES string of the molecule is Cc1ccc(CNC(=O)[C@H](CCCCCC(=O)[C@@H](N)CO)n2cc(COc3ccc4nc(S(N)(=O)=O)sc4c3)nn2)cc1. The molecule has 2 atom stereocenters. The maximum atomic E-state index is 13.3. The summed E-state index contributed by atoms with van der Waals surface area (Å²) in [7, 11) is -3.90. The van der Waals surface area contributed by atoms with Gasteiger partial charge in [-0.2, -0.15) is 0 Å². The van der Waals surface area contributed by atoms with Crippen LogP contribution in [0.25, 0.3) is 10.2 Å². The lowest BCUT2D eigenvalue weighted by molar-refractivity contribution is -0.125. The highest BCUT2D eigenvalue weighted by atomic mass is 32.2. The summed E-state index contributed by atoms with van der Waals surface area (Å²) in [5, 5.41) is 25.6. The number of fused-ring (bicyclic) bond motifs is 1. The number of aryl methyl sites for hydroxylation is 1. The van der Waals surface area contributed by atoms with Gasteiger partial charge < -0.3 is 20.9 Å². The number of rotatable bonds is 16. The summed E-state index contributed by atoms with van der Waals surface area (Å²) in [5.74, 6) is 0.0855. The van der Waals surface area contributed by atoms with Crippen LogP contribution in [0, 0.1) is 6.92 Å². The normalized spacial score (nSPS) is 13.1. The Labute approximate surface area is 253 Å². The number of hydrogen-bond donors (Lipinski definition) is 4. The van der Waals surface area contributed by atoms with Crippen molar-refractivity contribution in [3.8, 4) is 5.75 Å². The third-order valence-electron chi connectivity index (χ3n) is 6.75. The van der Waals surface area contributed by atoms with Crippen LogP contribution in [-0.4, -0.2) is 57.8 Å². The molecule has 0 saturated carbocycles. The Morgan fingerprint density at radius 2 is 1.91 bits per heavy atom. The Hall–Kier alpha value is -3.76. The number of carbonyl (C=O) groups excluding carboxylic acids is 2. The molecule has 0 aliphatic carbocycles. The molecule has 2 aromatic carbocycles. The number of benzene rings is 2. The highest BCUT2D eigenvalue weighted by Gasteiger charge is 2.22. The summed E-state index contributed by atoms with van der Waals surface area (Å²) >= 11 is 0.953. The van der Waals surface area contributed by atoms with Gasteiger partial charge in [0.2, 0.25) is 10.2 Å². The number of nitrogens with two attached hydrogens (primary N) is 2. The fraction of sp³-hybridized carbons (Fsp3) is 0.393. The van der Waals surface area contributed by atoms with Crippen molar-refractivity contribution in [3.63, 3.8) is 0 Å². The van der Waals surface area contributed by atoms with Crippen LogP contribution in [0.4, 0.5) is 0 Å². The molecule has 2 aromatic heterocycles. The second kappa shape index (κ2) is 14.6. The van der Waals surface area contributed by atoms with E-state index in [4.69, 9.17) is 20.7 Å². The highest BCUT2D eigenvalue weighted by molar-refractivity contribution is 7.91. The third kappa shape index (κ3) is 9.11. The molecule has 0 bridgehead atoms. The summed E-state index contributed by atoms with van der Waals surface area (Å²) in [6.45, 7) is 2.05. The van der Waals surface area contributed by atoms with E-state index in [9.17, 15) is 18.0 Å². The van der Waals surface area contributed by atoms with Crippen molar-refractivity contribution in [2.24, 2.45) is 10.9 Å². The Morgan fingerprint density at radius 3 is 2.63 bits per heavy atom. The summed E-state index contributed by atoms with van der Waals surface area (Å²) in [4.78, 5) is 29.2. The van der Waals surface area contributed by atoms with Crippen LogP contribution in [0.2, 0.25) is 0 Å². The minimum Gasteiger partial charge on any atom is -0.487 e. The standard InChI is InChI=1S/C28H35N7O6S2/c1-18-7-9-19(10-8-18)14-31-27(38)24(5-3-2-4-6-25(37)22(29)16-36)35-15-20(33-34-35)17-41-21-11-12-23-26(13-21)42-28(32-23)43(30,39)40/h7-13,15,22,24,36H,2-6,14,16-17,29H2,1H3,(H,31,38)(H2,30,39,40)/t22-,24-/m0/s1. The van der Waals surface area contributed by atoms with Crippen LogP contribution in [-0.2, 0) is 32.8 Å². The van der Waals surface area contributed by atoms with Gasteiger partial charge in [0.15, 0.2) is 5.78 Å². The van der Waals surface area contributed by atoms with Crippen molar-refractivity contribution in [1.29, 1.82) is 0 Å². The first-order valence-electron chi connectivity index (χ1n) is 13.7. The first-order chi connectivity index (χ1) is 20.5. The van der Waals surface area contributed by atoms with Gasteiger partial charge in [0, 0.05) is 13.0 Å². The molecule has 15 heteroatoms. The van der Waals surface area contributed by atoms with E-state index in [2.05, 4.69) is 20.6 Å². The van der Waals surface area contributed by atoms with Crippen LogP contribution in [0.1, 0.15) is 55.0 Å². The number of aromatic nitrogens is 4. The van der Waals surface area contributed by atoms with Crippen LogP contribution in [0.15, 0.2) is 53.0 Å². The zero-order chi connectivity index (χ0) is 31.0. The molecule has 0 aliphatic rings. The number of unbranched alkanes of at least 4 members (excludes halogenated alkanes) is 2. The summed E-state index contributed by atoms with van der Waals surface area (Å²) in [6, 6.07) is 11.4. The highest BCUT2D eigenvalue weighted by Crippen LogP contribution is 2.28. The van der Waals surface area contributed by atoms with E-state index < -0.39 is 22.1 Å². The number of ketones is 1. The number of thiazole rings is 1. The molecule has 0 aliphatic heterocycles. The second-order valence-corrected chi connectivity index (χ2v) is 13.0. The molecule has 0 radical (unpaired) electrons. The molecule has 0 fully saturated rings. The molecule has 2 heterocycles. The average molecular weight is 630 g/mol. The first-order valence-corrected chi connectivity index (χ1v) is 16.1. The van der Waals surface area contributed by atoms with E-state index >= 15 is 0 Å². The molecule has 1 amide bonds. The van der Waals surface area contributed by atoms with Gasteiger partial charge in [-0.3, -0.25) is 9.59 Å². The van der Waals surface area contributed by atoms with Crippen molar-refractivity contribution < 1.29 is 27.9 Å². The Bertz CT molecular complexity index is 1650. The van der Waals surface area contributed by atoms with Crippen LogP contribution < -0.4 is 20.9 Å². The fourth-order valence-electron chi connectivity index (χ4n) is 4.28. The molecule has 0 unspecified atom stereocenters.